The summed E-state index contributed by atoms with van der Waals surface area (Å²) in [4.78, 5) is 7.24. The van der Waals surface area contributed by atoms with Gasteiger partial charge < -0.3 is 24.4 Å². The van der Waals surface area contributed by atoms with E-state index in [0.717, 1.165) is 71.1 Å². The van der Waals surface area contributed by atoms with Crippen LogP contribution in [0, 0.1) is 5.41 Å². The highest BCUT2D eigenvalue weighted by Crippen LogP contribution is 2.57. The number of ether oxygens (including phenoxy) is 3. The lowest BCUT2D eigenvalue weighted by atomic mass is 9.51. The fourth-order valence-corrected chi connectivity index (χ4v) is 4.87. The molecular formula is C21H39N3O3. The van der Waals surface area contributed by atoms with Gasteiger partial charge in [-0.1, -0.05) is 6.42 Å². The summed E-state index contributed by atoms with van der Waals surface area (Å²) in [5.74, 6) is 1.10. The Kier molecular flexibility index (Phi) is 7.79. The average Bonchev–Trinajstić information content (AvgIpc) is 2.63. The van der Waals surface area contributed by atoms with Crippen LogP contribution in [-0.4, -0.2) is 75.7 Å². The van der Waals surface area contributed by atoms with Crippen molar-refractivity contribution in [2.75, 3.05) is 46.6 Å². The number of piperidine rings is 1. The van der Waals surface area contributed by atoms with E-state index in [1.807, 2.05) is 0 Å². The van der Waals surface area contributed by atoms with Crippen LogP contribution < -0.4 is 5.32 Å². The van der Waals surface area contributed by atoms with Crippen molar-refractivity contribution < 1.29 is 14.2 Å². The first kappa shape index (κ1) is 20.9. The van der Waals surface area contributed by atoms with Gasteiger partial charge in [0, 0.05) is 58.0 Å². The third kappa shape index (κ3) is 4.77. The molecule has 6 nitrogen and oxygen atoms in total. The fourth-order valence-electron chi connectivity index (χ4n) is 4.87. The Morgan fingerprint density at radius 3 is 2.52 bits per heavy atom. The van der Waals surface area contributed by atoms with Gasteiger partial charge in [-0.15, -0.1) is 0 Å². The highest BCUT2D eigenvalue weighted by atomic mass is 16.5. The van der Waals surface area contributed by atoms with Crippen LogP contribution in [0.15, 0.2) is 4.99 Å². The van der Waals surface area contributed by atoms with Gasteiger partial charge in [-0.05, 0) is 52.4 Å². The second kappa shape index (κ2) is 10.1. The highest BCUT2D eigenvalue weighted by Gasteiger charge is 2.59. The van der Waals surface area contributed by atoms with Crippen LogP contribution in [0.25, 0.3) is 0 Å². The number of nitrogens with zero attached hydrogens (tertiary/aromatic N) is 2. The third-order valence-electron chi connectivity index (χ3n) is 6.64. The molecule has 3 rings (SSSR count). The minimum Gasteiger partial charge on any atom is -0.385 e. The molecule has 1 aliphatic heterocycles. The van der Waals surface area contributed by atoms with Crippen LogP contribution in [0.5, 0.6) is 0 Å². The number of rotatable bonds is 9. The Bertz CT molecular complexity index is 473. The first-order valence-electron chi connectivity index (χ1n) is 11.0. The van der Waals surface area contributed by atoms with Gasteiger partial charge in [0.1, 0.15) is 0 Å². The topological polar surface area (TPSA) is 55.3 Å². The molecule has 1 heterocycles. The summed E-state index contributed by atoms with van der Waals surface area (Å²) in [6.07, 6.45) is 9.02. The molecule has 1 spiro atoms. The number of nitrogens with one attached hydrogen (secondary N) is 1. The van der Waals surface area contributed by atoms with Crippen molar-refractivity contribution in [2.45, 2.75) is 77.0 Å². The Hall–Kier alpha value is -0.850. The standard InChI is InChI=1S/C21H39N3O3/c1-4-22-20(23-18-16-19(26-5-2)21(18)10-6-11-21)24-12-8-17(9-13-24)27-15-7-14-25-3/h17-19H,4-16H2,1-3H3,(H,22,23). The molecule has 2 aliphatic carbocycles. The highest BCUT2D eigenvalue weighted by molar-refractivity contribution is 5.80. The van der Waals surface area contributed by atoms with Crippen LogP contribution in [0.1, 0.15) is 58.8 Å². The van der Waals surface area contributed by atoms with Crippen LogP contribution in [0.3, 0.4) is 0 Å². The maximum absolute atomic E-state index is 6.00. The summed E-state index contributed by atoms with van der Waals surface area (Å²) < 4.78 is 17.1. The van der Waals surface area contributed by atoms with Gasteiger partial charge in [0.15, 0.2) is 5.96 Å². The van der Waals surface area contributed by atoms with E-state index in [2.05, 4.69) is 24.1 Å². The van der Waals surface area contributed by atoms with Crippen molar-refractivity contribution in [3.63, 3.8) is 0 Å². The first-order chi connectivity index (χ1) is 13.2. The maximum Gasteiger partial charge on any atom is 0.194 e. The molecule has 0 aromatic carbocycles. The van der Waals surface area contributed by atoms with Crippen LogP contribution in [-0.2, 0) is 14.2 Å². The van der Waals surface area contributed by atoms with E-state index in [9.17, 15) is 0 Å². The summed E-state index contributed by atoms with van der Waals surface area (Å²) in [5.41, 5.74) is 0.368. The largest absolute Gasteiger partial charge is 0.385 e. The molecular weight excluding hydrogens is 342 g/mol. The van der Waals surface area contributed by atoms with Gasteiger partial charge in [-0.3, -0.25) is 4.99 Å². The summed E-state index contributed by atoms with van der Waals surface area (Å²) >= 11 is 0. The lowest BCUT2D eigenvalue weighted by molar-refractivity contribution is -0.169. The molecule has 2 saturated carbocycles. The summed E-state index contributed by atoms with van der Waals surface area (Å²) in [5, 5.41) is 3.82. The molecule has 2 atom stereocenters. The molecule has 156 valence electrons. The Morgan fingerprint density at radius 1 is 1.15 bits per heavy atom. The van der Waals surface area contributed by atoms with E-state index < -0.39 is 0 Å². The molecule has 1 N–H and O–H groups in total. The lowest BCUT2D eigenvalue weighted by Crippen LogP contribution is -2.69. The molecule has 0 aromatic heterocycles. The SMILES string of the molecule is CCN=C(NC1CC(OCC)C12CCC2)N1CCC(OCCCOC)CC1. The van der Waals surface area contributed by atoms with Crippen molar-refractivity contribution in [2.24, 2.45) is 10.4 Å². The third-order valence-corrected chi connectivity index (χ3v) is 6.64. The van der Waals surface area contributed by atoms with E-state index in [1.165, 1.54) is 19.3 Å². The minimum absolute atomic E-state index is 0.368. The first-order valence-corrected chi connectivity index (χ1v) is 11.0. The van der Waals surface area contributed by atoms with Crippen LogP contribution in [0.4, 0.5) is 0 Å². The number of guanidine groups is 1. The number of aliphatic imine (C=N–C) groups is 1. The number of methoxy groups -OCH3 is 1. The van der Waals surface area contributed by atoms with Crippen LogP contribution in [0.2, 0.25) is 0 Å². The van der Waals surface area contributed by atoms with E-state index in [4.69, 9.17) is 19.2 Å². The zero-order valence-electron chi connectivity index (χ0n) is 17.5. The zero-order valence-corrected chi connectivity index (χ0v) is 17.5. The van der Waals surface area contributed by atoms with Crippen LogP contribution >= 0.6 is 0 Å². The Labute approximate surface area is 165 Å². The predicted molar refractivity (Wildman–Crippen MR) is 108 cm³/mol. The molecule has 0 amide bonds. The monoisotopic (exact) mass is 381 g/mol. The molecule has 0 aromatic rings. The molecule has 27 heavy (non-hydrogen) atoms. The molecule has 1 saturated heterocycles. The smallest absolute Gasteiger partial charge is 0.194 e. The van der Waals surface area contributed by atoms with E-state index in [0.29, 0.717) is 23.7 Å². The Balaban J connectivity index is 1.47. The second-order valence-electron chi connectivity index (χ2n) is 8.16. The normalized spacial score (nSPS) is 28.1. The lowest BCUT2D eigenvalue weighted by Gasteiger charge is -2.61. The average molecular weight is 382 g/mol. The van der Waals surface area contributed by atoms with Crippen molar-refractivity contribution in [3.8, 4) is 0 Å². The van der Waals surface area contributed by atoms with Crippen molar-refractivity contribution in [3.05, 3.63) is 0 Å². The molecule has 3 fully saturated rings. The second-order valence-corrected chi connectivity index (χ2v) is 8.16. The van der Waals surface area contributed by atoms with Gasteiger partial charge in [-0.25, -0.2) is 0 Å². The van der Waals surface area contributed by atoms with E-state index >= 15 is 0 Å². The molecule has 6 heteroatoms. The minimum atomic E-state index is 0.368. The molecule has 0 radical (unpaired) electrons. The fraction of sp³-hybridized carbons (Fsp3) is 0.952. The maximum atomic E-state index is 6.00. The van der Waals surface area contributed by atoms with Crippen molar-refractivity contribution in [1.29, 1.82) is 0 Å². The number of hydrogen-bond donors (Lipinski definition) is 1. The Morgan fingerprint density at radius 2 is 1.93 bits per heavy atom. The predicted octanol–water partition coefficient (Wildman–Crippen LogP) is 2.82. The zero-order chi connectivity index (χ0) is 19.1. The number of likely N-dealkylation sites (tertiary alicyclic amines) is 1. The van der Waals surface area contributed by atoms with Crippen molar-refractivity contribution in [1.82, 2.24) is 10.2 Å². The van der Waals surface area contributed by atoms with Gasteiger partial charge in [0.25, 0.3) is 0 Å². The molecule has 0 bridgehead atoms. The van der Waals surface area contributed by atoms with Gasteiger partial charge >= 0.3 is 0 Å². The van der Waals surface area contributed by atoms with E-state index in [-0.39, 0.29) is 0 Å². The van der Waals surface area contributed by atoms with Gasteiger partial charge in [-0.2, -0.15) is 0 Å². The summed E-state index contributed by atoms with van der Waals surface area (Å²) in [6.45, 7) is 9.51. The summed E-state index contributed by atoms with van der Waals surface area (Å²) in [6, 6.07) is 0.524. The van der Waals surface area contributed by atoms with E-state index in [1.54, 1.807) is 7.11 Å². The van der Waals surface area contributed by atoms with Gasteiger partial charge in [0.05, 0.1) is 12.2 Å². The summed E-state index contributed by atoms with van der Waals surface area (Å²) in [7, 11) is 1.74. The molecule has 2 unspecified atom stereocenters. The van der Waals surface area contributed by atoms with Crippen molar-refractivity contribution >= 4 is 5.96 Å². The molecule has 3 aliphatic rings. The van der Waals surface area contributed by atoms with Gasteiger partial charge in [0.2, 0.25) is 0 Å². The number of hydrogen-bond acceptors (Lipinski definition) is 4. The quantitative estimate of drug-likeness (QED) is 0.378.